The van der Waals surface area contributed by atoms with Gasteiger partial charge in [-0.1, -0.05) is 51.6 Å². The smallest absolute Gasteiger partial charge is 0.219 e. The van der Waals surface area contributed by atoms with Gasteiger partial charge in [0.15, 0.2) is 0 Å². The maximum absolute atomic E-state index is 12.2. The van der Waals surface area contributed by atoms with Crippen LogP contribution >= 0.6 is 11.8 Å². The molecule has 0 fully saturated rings. The summed E-state index contributed by atoms with van der Waals surface area (Å²) in [6, 6.07) is 4.39. The molecule has 1 rings (SSSR count). The summed E-state index contributed by atoms with van der Waals surface area (Å²) in [6.07, 6.45) is 2.91. The minimum atomic E-state index is 0.240. The van der Waals surface area contributed by atoms with Crippen molar-refractivity contribution in [2.45, 2.75) is 47.0 Å². The maximum Gasteiger partial charge on any atom is 0.219 e. The minimum Gasteiger partial charge on any atom is -0.282 e. The Bertz CT molecular complexity index is 371. The zero-order valence-corrected chi connectivity index (χ0v) is 12.1. The second kappa shape index (κ2) is 6.85. The molecule has 0 aromatic heterocycles. The van der Waals surface area contributed by atoms with E-state index in [9.17, 15) is 4.79 Å². The molecule has 1 nitrogen and oxygen atoms in total. The lowest BCUT2D eigenvalue weighted by Crippen LogP contribution is -2.06. The summed E-state index contributed by atoms with van der Waals surface area (Å²) >= 11 is 1.42. The van der Waals surface area contributed by atoms with Crippen LogP contribution in [0.15, 0.2) is 12.1 Å². The fraction of sp³-hybridized carbons (Fsp3) is 0.533. The fourth-order valence-electron chi connectivity index (χ4n) is 2.07. The first-order valence-corrected chi connectivity index (χ1v) is 7.48. The van der Waals surface area contributed by atoms with Crippen LogP contribution < -0.4 is 0 Å². The van der Waals surface area contributed by atoms with Gasteiger partial charge in [-0.25, -0.2) is 0 Å². The van der Waals surface area contributed by atoms with Crippen molar-refractivity contribution in [3.05, 3.63) is 34.4 Å². The topological polar surface area (TPSA) is 17.1 Å². The van der Waals surface area contributed by atoms with Crippen LogP contribution in [0.2, 0.25) is 0 Å². The van der Waals surface area contributed by atoms with Crippen molar-refractivity contribution in [1.82, 2.24) is 0 Å². The third-order valence-electron chi connectivity index (χ3n) is 3.01. The number of carbonyl (C=O) groups is 1. The van der Waals surface area contributed by atoms with E-state index < -0.39 is 0 Å². The van der Waals surface area contributed by atoms with Gasteiger partial charge in [-0.3, -0.25) is 4.79 Å². The highest BCUT2D eigenvalue weighted by molar-refractivity contribution is 8.14. The van der Waals surface area contributed by atoms with E-state index in [-0.39, 0.29) is 5.12 Å². The Morgan fingerprint density at radius 3 is 1.88 bits per heavy atom. The van der Waals surface area contributed by atoms with E-state index in [0.29, 0.717) is 0 Å². The minimum absolute atomic E-state index is 0.240. The number of aryl methyl sites for hydroxylation is 3. The molecule has 0 atom stereocenters. The van der Waals surface area contributed by atoms with Gasteiger partial charge in [-0.05, 0) is 41.7 Å². The van der Waals surface area contributed by atoms with Crippen molar-refractivity contribution in [3.8, 4) is 0 Å². The molecule has 0 unspecified atom stereocenters. The third kappa shape index (κ3) is 3.35. The molecule has 0 spiro atoms. The van der Waals surface area contributed by atoms with E-state index in [1.54, 1.807) is 0 Å². The fourth-order valence-corrected chi connectivity index (χ4v) is 2.74. The molecular formula is C15H22OS. The summed E-state index contributed by atoms with van der Waals surface area (Å²) in [6.45, 7) is 8.44. The lowest BCUT2D eigenvalue weighted by molar-refractivity contribution is 0.108. The summed E-state index contributed by atoms with van der Waals surface area (Å²) in [5.41, 5.74) is 4.75. The molecule has 17 heavy (non-hydrogen) atoms. The zero-order chi connectivity index (χ0) is 12.8. The highest BCUT2D eigenvalue weighted by atomic mass is 32.2. The molecule has 0 saturated carbocycles. The molecule has 0 aliphatic carbocycles. The standard InChI is InChI=1S/C15H22OS/c1-5-11-9-12(6-2)14(13(7-3)10-11)15(16)17-8-4/h9-10H,5-8H2,1-4H3. The van der Waals surface area contributed by atoms with Gasteiger partial charge in [0.25, 0.3) is 0 Å². The Kier molecular flexibility index (Phi) is 5.76. The molecular weight excluding hydrogens is 228 g/mol. The Balaban J connectivity index is 3.29. The largest absolute Gasteiger partial charge is 0.282 e. The van der Waals surface area contributed by atoms with Crippen molar-refractivity contribution in [2.75, 3.05) is 5.75 Å². The molecule has 0 aliphatic heterocycles. The average molecular weight is 250 g/mol. The maximum atomic E-state index is 12.2. The molecule has 0 radical (unpaired) electrons. The summed E-state index contributed by atoms with van der Waals surface area (Å²) in [7, 11) is 0. The van der Waals surface area contributed by atoms with Crippen molar-refractivity contribution in [2.24, 2.45) is 0 Å². The zero-order valence-electron chi connectivity index (χ0n) is 11.3. The highest BCUT2D eigenvalue weighted by Crippen LogP contribution is 2.24. The number of carbonyl (C=O) groups excluding carboxylic acids is 1. The second-order valence-corrected chi connectivity index (χ2v) is 5.31. The molecule has 94 valence electrons. The summed E-state index contributed by atoms with van der Waals surface area (Å²) in [4.78, 5) is 12.2. The van der Waals surface area contributed by atoms with Gasteiger partial charge in [0, 0.05) is 5.56 Å². The van der Waals surface area contributed by atoms with Crippen LogP contribution in [-0.4, -0.2) is 10.9 Å². The normalized spacial score (nSPS) is 10.6. The molecule has 2 heteroatoms. The highest BCUT2D eigenvalue weighted by Gasteiger charge is 2.15. The number of hydrogen-bond donors (Lipinski definition) is 0. The van der Waals surface area contributed by atoms with Crippen molar-refractivity contribution < 1.29 is 4.79 Å². The molecule has 0 amide bonds. The van der Waals surface area contributed by atoms with E-state index in [0.717, 1.165) is 30.6 Å². The van der Waals surface area contributed by atoms with Crippen molar-refractivity contribution >= 4 is 16.9 Å². The third-order valence-corrected chi connectivity index (χ3v) is 3.77. The quantitative estimate of drug-likeness (QED) is 0.776. The number of benzene rings is 1. The van der Waals surface area contributed by atoms with Crippen LogP contribution in [0.4, 0.5) is 0 Å². The van der Waals surface area contributed by atoms with Gasteiger partial charge in [0.1, 0.15) is 0 Å². The van der Waals surface area contributed by atoms with E-state index in [4.69, 9.17) is 0 Å². The molecule has 0 bridgehead atoms. The van der Waals surface area contributed by atoms with Crippen LogP contribution in [0.1, 0.15) is 54.7 Å². The molecule has 0 saturated heterocycles. The predicted molar refractivity (Wildman–Crippen MR) is 77.0 cm³/mol. The van der Waals surface area contributed by atoms with Gasteiger partial charge in [-0.2, -0.15) is 0 Å². The van der Waals surface area contributed by atoms with Crippen LogP contribution in [0, 0.1) is 0 Å². The van der Waals surface area contributed by atoms with Gasteiger partial charge >= 0.3 is 0 Å². The lowest BCUT2D eigenvalue weighted by Gasteiger charge is -2.13. The lowest BCUT2D eigenvalue weighted by atomic mass is 9.94. The summed E-state index contributed by atoms with van der Waals surface area (Å²) < 4.78 is 0. The monoisotopic (exact) mass is 250 g/mol. The van der Waals surface area contributed by atoms with Gasteiger partial charge in [0.05, 0.1) is 0 Å². The van der Waals surface area contributed by atoms with Crippen LogP contribution in [-0.2, 0) is 19.3 Å². The number of rotatable bonds is 5. The van der Waals surface area contributed by atoms with Gasteiger partial charge < -0.3 is 0 Å². The first-order valence-electron chi connectivity index (χ1n) is 6.49. The first kappa shape index (κ1) is 14.3. The number of hydrogen-bond acceptors (Lipinski definition) is 2. The first-order chi connectivity index (χ1) is 8.17. The van der Waals surface area contributed by atoms with E-state index in [2.05, 4.69) is 32.9 Å². The Morgan fingerprint density at radius 1 is 1.00 bits per heavy atom. The van der Waals surface area contributed by atoms with Crippen molar-refractivity contribution in [1.29, 1.82) is 0 Å². The van der Waals surface area contributed by atoms with Gasteiger partial charge in [-0.15, -0.1) is 0 Å². The molecule has 1 aromatic carbocycles. The Hall–Kier alpha value is -0.760. The summed E-state index contributed by atoms with van der Waals surface area (Å²) in [5.74, 6) is 0.848. The second-order valence-electron chi connectivity index (χ2n) is 4.07. The van der Waals surface area contributed by atoms with Crippen LogP contribution in [0.3, 0.4) is 0 Å². The van der Waals surface area contributed by atoms with Crippen LogP contribution in [0.25, 0.3) is 0 Å². The van der Waals surface area contributed by atoms with Gasteiger partial charge in [0.2, 0.25) is 5.12 Å². The molecule has 0 N–H and O–H groups in total. The Labute approximate surface area is 109 Å². The number of thioether (sulfide) groups is 1. The van der Waals surface area contributed by atoms with E-state index in [1.165, 1.54) is 28.5 Å². The molecule has 1 aromatic rings. The predicted octanol–water partition coefficient (Wildman–Crippen LogP) is 4.27. The van der Waals surface area contributed by atoms with E-state index >= 15 is 0 Å². The molecule has 0 heterocycles. The summed E-state index contributed by atoms with van der Waals surface area (Å²) in [5, 5.41) is 0.240. The average Bonchev–Trinajstić information content (AvgIpc) is 2.37. The SMILES string of the molecule is CCSC(=O)c1c(CC)cc(CC)cc1CC. The molecule has 0 aliphatic rings. The van der Waals surface area contributed by atoms with Crippen molar-refractivity contribution in [3.63, 3.8) is 0 Å². The van der Waals surface area contributed by atoms with E-state index in [1.807, 2.05) is 6.92 Å². The van der Waals surface area contributed by atoms with Crippen LogP contribution in [0.5, 0.6) is 0 Å². The Morgan fingerprint density at radius 2 is 1.53 bits per heavy atom.